The van der Waals surface area contributed by atoms with Gasteiger partial charge in [-0.25, -0.2) is 9.97 Å². The van der Waals surface area contributed by atoms with Crippen LogP contribution in [0.1, 0.15) is 142 Å². The van der Waals surface area contributed by atoms with Gasteiger partial charge in [0, 0.05) is 22.3 Å². The summed E-state index contributed by atoms with van der Waals surface area (Å²) in [6.45, 7) is 0. The summed E-state index contributed by atoms with van der Waals surface area (Å²) in [5.74, 6) is 3.30. The van der Waals surface area contributed by atoms with E-state index in [0.717, 1.165) is 116 Å². The predicted molar refractivity (Wildman–Crippen MR) is 471 cm³/mol. The molecule has 8 bridgehead atoms. The Morgan fingerprint density at radius 2 is 0.619 bits per heavy atom. The molecule has 3 saturated carbocycles. The van der Waals surface area contributed by atoms with Crippen molar-refractivity contribution in [2.75, 3.05) is 21.1 Å². The number of hydrogen-bond acceptors (Lipinski definition) is 6. The maximum atomic E-state index is 7.91. The van der Waals surface area contributed by atoms with Crippen LogP contribution in [0.25, 0.3) is 101 Å². The fraction of sp³-hybridized carbons (Fsp3) is 0.231. The van der Waals surface area contributed by atoms with E-state index in [2.05, 4.69) is 69.7 Å². The van der Waals surface area contributed by atoms with Crippen molar-refractivity contribution in [3.63, 3.8) is 0 Å². The van der Waals surface area contributed by atoms with E-state index in [1.807, 2.05) is 97.1 Å². The second-order valence-corrected chi connectivity index (χ2v) is 34.6. The molecular formula is C91H70Cl12N5O4Zn+. The number of benzene rings is 9. The van der Waals surface area contributed by atoms with Crippen molar-refractivity contribution in [2.45, 2.75) is 114 Å². The first-order valence-electron chi connectivity index (χ1n) is 37.6. The Morgan fingerprint density at radius 3 is 0.965 bits per heavy atom. The second kappa shape index (κ2) is 33.4. The predicted octanol–water partition coefficient (Wildman–Crippen LogP) is 32.6. The molecule has 568 valence electrons. The smallest absolute Gasteiger partial charge is 0.657 e. The molecule has 3 fully saturated rings. The Morgan fingerprint density at radius 1 is 0.327 bits per heavy atom. The number of allylic oxidation sites excluding steroid dienone is 2. The molecule has 0 spiro atoms. The minimum Gasteiger partial charge on any atom is -0.657 e. The van der Waals surface area contributed by atoms with E-state index in [1.165, 1.54) is 18.5 Å². The minimum atomic E-state index is -0.00857. The summed E-state index contributed by atoms with van der Waals surface area (Å²) in [6.07, 6.45) is 24.1. The van der Waals surface area contributed by atoms with Gasteiger partial charge in [-0.15, -0.1) is 22.1 Å². The van der Waals surface area contributed by atoms with E-state index in [4.69, 9.17) is 178 Å². The van der Waals surface area contributed by atoms with Crippen LogP contribution in [0.2, 0.25) is 60.3 Å². The van der Waals surface area contributed by atoms with Gasteiger partial charge in [0.1, 0.15) is 48.8 Å². The maximum absolute atomic E-state index is 7.91. The molecule has 9 nitrogen and oxygen atoms in total. The molecule has 0 saturated heterocycles. The maximum Gasteiger partial charge on any atom is 2.00 e. The molecule has 17 rings (SSSR count). The minimum absolute atomic E-state index is 0. The molecule has 5 heterocycles. The molecule has 22 heteroatoms. The number of halogens is 12. The van der Waals surface area contributed by atoms with Crippen LogP contribution in [0.5, 0.6) is 46.0 Å². The number of quaternary nitrogens is 1. The Labute approximate surface area is 728 Å². The third kappa shape index (κ3) is 15.3. The van der Waals surface area contributed by atoms with E-state index >= 15 is 0 Å². The monoisotopic (exact) mass is 1780 g/mol. The number of hydrogen-bond donors (Lipinski definition) is 0. The van der Waals surface area contributed by atoms with Gasteiger partial charge in [-0.3, -0.25) is 4.48 Å². The Kier molecular flexibility index (Phi) is 23.7. The zero-order valence-corrected chi connectivity index (χ0v) is 73.7. The number of aromatic nitrogens is 4. The molecule has 0 amide bonds. The summed E-state index contributed by atoms with van der Waals surface area (Å²) < 4.78 is 28.4. The van der Waals surface area contributed by atoms with Crippen LogP contribution in [0.3, 0.4) is 0 Å². The average Bonchev–Trinajstić information content (AvgIpc) is 1.58. The molecule has 113 heavy (non-hydrogen) atoms. The van der Waals surface area contributed by atoms with Crippen LogP contribution in [0, 0.1) is 0 Å². The van der Waals surface area contributed by atoms with Crippen molar-refractivity contribution >= 4 is 201 Å². The number of para-hydroxylation sites is 3. The molecule has 9 aromatic carbocycles. The number of nitrogens with zero attached hydrogens (tertiary/aromatic N) is 5. The van der Waals surface area contributed by atoms with Crippen LogP contribution < -0.4 is 33.4 Å². The zero-order chi connectivity index (χ0) is 77.5. The van der Waals surface area contributed by atoms with Crippen molar-refractivity contribution in [1.29, 1.82) is 0 Å². The van der Waals surface area contributed by atoms with E-state index in [0.29, 0.717) is 66.8 Å². The molecule has 0 atom stereocenters. The van der Waals surface area contributed by atoms with Gasteiger partial charge in [0.25, 0.3) is 0 Å². The largest absolute Gasteiger partial charge is 2.00 e. The molecule has 5 aliphatic rings. The normalized spacial score (nSPS) is 15.0. The van der Waals surface area contributed by atoms with Crippen molar-refractivity contribution < 1.29 is 38.4 Å². The third-order valence-electron chi connectivity index (χ3n) is 22.2. The van der Waals surface area contributed by atoms with Gasteiger partial charge in [0.05, 0.1) is 84.1 Å². The zero-order valence-electron chi connectivity index (χ0n) is 61.6. The van der Waals surface area contributed by atoms with Crippen molar-refractivity contribution in [2.24, 2.45) is 0 Å². The van der Waals surface area contributed by atoms with Crippen molar-refractivity contribution in [1.82, 2.24) is 24.4 Å². The topological polar surface area (TPSA) is 90.9 Å². The third-order valence-corrected chi connectivity index (χ3v) is 27.0. The van der Waals surface area contributed by atoms with Crippen LogP contribution in [0.15, 0.2) is 158 Å². The van der Waals surface area contributed by atoms with Crippen LogP contribution in [-0.4, -0.2) is 31.1 Å². The first-order valence-corrected chi connectivity index (χ1v) is 42.1. The second-order valence-electron chi connectivity index (χ2n) is 30.1. The van der Waals surface area contributed by atoms with Gasteiger partial charge in [0.15, 0.2) is 23.0 Å². The fourth-order valence-corrected chi connectivity index (χ4v) is 20.1. The molecule has 0 unspecified atom stereocenters. The molecule has 3 aliphatic carbocycles. The van der Waals surface area contributed by atoms with Crippen LogP contribution in [-0.2, 0) is 19.5 Å². The Balaban J connectivity index is 0.00000964. The summed E-state index contributed by atoms with van der Waals surface area (Å²) in [6, 6.07) is 46.8. The molecule has 12 aromatic rings. The van der Waals surface area contributed by atoms with Gasteiger partial charge < -0.3 is 28.9 Å². The number of ether oxygens (including phenoxy) is 4. The Hall–Kier alpha value is -6.64. The van der Waals surface area contributed by atoms with Gasteiger partial charge in [-0.05, 0) is 185 Å². The van der Waals surface area contributed by atoms with Gasteiger partial charge >= 0.3 is 19.5 Å². The molecular weight excluding hydrogens is 1720 g/mol. The van der Waals surface area contributed by atoms with E-state index in [9.17, 15) is 0 Å². The first kappa shape index (κ1) is 80.2. The summed E-state index contributed by atoms with van der Waals surface area (Å²) in [7, 11) is 6.43. The molecule has 0 N–H and O–H groups in total. The van der Waals surface area contributed by atoms with Crippen molar-refractivity contribution in [3.05, 3.63) is 246 Å². The SMILES string of the molecule is C[N+](C)(C)c1ccc(/C=C/C=C/c2ccc(Oc3c(Cl)c(Cl)c4c(c3Cl)-c3cc5[n-]c(cc6nc(cc7[n-]c(cc-4n3)c3c(Cl)c(Cl)c(Oc4ccccc4C4CCCCC4)c(Cl)c73)-c3c(Cl)c(Oc4ccccc4C4CCCCC4)c(Cl)c(Cl)c3-6)c3c(Cl)c(Cl)c(Oc4ccccc4C4CCCCC4)c(Cl)c53)cc2)cc1.[Zn+2]. The standard InChI is InChI=1S/C91H70Cl12N5O4.Zn/c1-108(2,3)52-39-35-47(36-40-52)21-13-14-22-48-37-41-53(42-38-48)109-88-80(96)72-61-45-62-73-70(78(94)86(102)89(81(73)97)110-65-32-18-15-29-54(65)49-23-7-4-8-24-49)59(105-62)44-60-71-75(83(99)91(87(103)79(71)95)112-67-34-20-17-31-56(67)51-27-11-6-12-28-51)64(107-60)46-63-74-69(58(106-63)43-57(104-61)68(72)76(92)84(88)100)77(93)85(101)90(82(74)98)111-66-33-19-16-30-55(66)50-25-9-5-10-26-50;/h13-22,29-46,49-51H,4-12,23-28H2,1-3H3;/q-1;+2/b21-13+,22-14+,57-43?,58-43?,59-44?,60-44?,61-45?,62-45?,63-46?,64-46?;. The molecule has 0 radical (unpaired) electrons. The number of fused-ring (bicyclic) bond motifs is 20. The fourth-order valence-electron chi connectivity index (χ4n) is 16.6. The summed E-state index contributed by atoms with van der Waals surface area (Å²) in [5.41, 5.74) is 9.65. The van der Waals surface area contributed by atoms with Crippen molar-refractivity contribution in [3.8, 4) is 91.0 Å². The van der Waals surface area contributed by atoms with E-state index < -0.39 is 0 Å². The van der Waals surface area contributed by atoms with Crippen LogP contribution in [0.4, 0.5) is 5.69 Å². The quantitative estimate of drug-likeness (QED) is 0.0434. The van der Waals surface area contributed by atoms with Gasteiger partial charge in [-0.1, -0.05) is 288 Å². The number of rotatable bonds is 15. The van der Waals surface area contributed by atoms with E-state index in [1.54, 1.807) is 24.3 Å². The van der Waals surface area contributed by atoms with E-state index in [-0.39, 0.29) is 165 Å². The first-order chi connectivity index (χ1) is 54.2. The van der Waals surface area contributed by atoms with Gasteiger partial charge in [-0.2, -0.15) is 0 Å². The van der Waals surface area contributed by atoms with Gasteiger partial charge in [0.2, 0.25) is 0 Å². The Bertz CT molecular complexity index is 6040. The summed E-state index contributed by atoms with van der Waals surface area (Å²) in [4.78, 5) is 21.8. The molecule has 2 aliphatic heterocycles. The van der Waals surface area contributed by atoms with Crippen LogP contribution >= 0.6 is 139 Å². The average molecular weight is 1790 g/mol. The summed E-state index contributed by atoms with van der Waals surface area (Å²) in [5, 5.41) is 2.04. The summed E-state index contributed by atoms with van der Waals surface area (Å²) >= 11 is 92.8. The molecule has 3 aromatic heterocycles.